The summed E-state index contributed by atoms with van der Waals surface area (Å²) in [4.78, 5) is 10.6. The predicted octanol–water partition coefficient (Wildman–Crippen LogP) is 3.88. The molecular weight excluding hydrogens is 337 g/mol. The molecule has 1 fully saturated rings. The second-order valence-electron chi connectivity index (χ2n) is 5.93. The third-order valence-corrected chi connectivity index (χ3v) is 5.06. The Morgan fingerprint density at radius 1 is 1.25 bits per heavy atom. The van der Waals surface area contributed by atoms with Gasteiger partial charge in [-0.15, -0.1) is 11.3 Å². The van der Waals surface area contributed by atoms with E-state index in [2.05, 4.69) is 20.2 Å². The standard InChI is InChI=1S/C16H19F3N4S/c1-11(14-3-2-12(10-21-14)16(17,18)19)22-13-4-7-23(8-5-13)15-20-6-9-24-15/h2-3,6,9-11,13,22H,4-5,7-8H2,1H3. The van der Waals surface area contributed by atoms with Crippen molar-refractivity contribution in [2.45, 2.75) is 38.0 Å². The molecular formula is C16H19F3N4S. The molecule has 1 atom stereocenters. The van der Waals surface area contributed by atoms with Gasteiger partial charge in [-0.25, -0.2) is 4.98 Å². The van der Waals surface area contributed by atoms with Gasteiger partial charge in [0.05, 0.1) is 11.3 Å². The summed E-state index contributed by atoms with van der Waals surface area (Å²) in [6.07, 6.45) is 0.321. The predicted molar refractivity (Wildman–Crippen MR) is 88.1 cm³/mol. The van der Waals surface area contributed by atoms with Crippen molar-refractivity contribution in [3.05, 3.63) is 41.2 Å². The van der Waals surface area contributed by atoms with Gasteiger partial charge in [-0.3, -0.25) is 4.98 Å². The lowest BCUT2D eigenvalue weighted by Gasteiger charge is -2.33. The van der Waals surface area contributed by atoms with Crippen molar-refractivity contribution >= 4 is 16.5 Å². The van der Waals surface area contributed by atoms with E-state index < -0.39 is 11.7 Å². The van der Waals surface area contributed by atoms with Gasteiger partial charge in [-0.2, -0.15) is 13.2 Å². The van der Waals surface area contributed by atoms with E-state index in [4.69, 9.17) is 0 Å². The summed E-state index contributed by atoms with van der Waals surface area (Å²) in [7, 11) is 0. The highest BCUT2D eigenvalue weighted by molar-refractivity contribution is 7.13. The van der Waals surface area contributed by atoms with Crippen LogP contribution in [0.15, 0.2) is 29.9 Å². The number of thiazole rings is 1. The van der Waals surface area contributed by atoms with Crippen LogP contribution in [0.3, 0.4) is 0 Å². The van der Waals surface area contributed by atoms with Crippen molar-refractivity contribution in [3.63, 3.8) is 0 Å². The Morgan fingerprint density at radius 2 is 2.00 bits per heavy atom. The van der Waals surface area contributed by atoms with Crippen LogP contribution < -0.4 is 10.2 Å². The summed E-state index contributed by atoms with van der Waals surface area (Å²) >= 11 is 1.64. The summed E-state index contributed by atoms with van der Waals surface area (Å²) in [5.74, 6) is 0. The topological polar surface area (TPSA) is 41.0 Å². The highest BCUT2D eigenvalue weighted by Gasteiger charge is 2.31. The number of hydrogen-bond acceptors (Lipinski definition) is 5. The number of nitrogens with zero attached hydrogens (tertiary/aromatic N) is 3. The minimum atomic E-state index is -4.34. The SMILES string of the molecule is CC(NC1CCN(c2nccs2)CC1)c1ccc(C(F)(F)F)cn1. The lowest BCUT2D eigenvalue weighted by Crippen LogP contribution is -2.43. The third-order valence-electron chi connectivity index (χ3n) is 4.23. The van der Waals surface area contributed by atoms with E-state index in [1.165, 1.54) is 6.07 Å². The zero-order chi connectivity index (χ0) is 17.2. The Balaban J connectivity index is 1.53. The summed E-state index contributed by atoms with van der Waals surface area (Å²) in [5, 5.41) is 6.49. The molecule has 2 aromatic heterocycles. The van der Waals surface area contributed by atoms with Gasteiger partial charge in [-0.05, 0) is 31.9 Å². The van der Waals surface area contributed by atoms with Crippen LogP contribution in [0.4, 0.5) is 18.3 Å². The van der Waals surface area contributed by atoms with Gasteiger partial charge in [-0.1, -0.05) is 0 Å². The molecule has 0 aliphatic carbocycles. The zero-order valence-electron chi connectivity index (χ0n) is 13.3. The van der Waals surface area contributed by atoms with Crippen molar-refractivity contribution in [1.82, 2.24) is 15.3 Å². The normalized spacial score (nSPS) is 17.9. The van der Waals surface area contributed by atoms with E-state index in [9.17, 15) is 13.2 Å². The van der Waals surface area contributed by atoms with Gasteiger partial charge in [0.1, 0.15) is 0 Å². The lowest BCUT2D eigenvalue weighted by atomic mass is 10.0. The second kappa shape index (κ2) is 7.06. The van der Waals surface area contributed by atoms with Crippen LogP contribution in [-0.2, 0) is 6.18 Å². The average molecular weight is 356 g/mol. The minimum absolute atomic E-state index is 0.0799. The summed E-state index contributed by atoms with van der Waals surface area (Å²) in [6, 6.07) is 2.79. The number of halogens is 3. The summed E-state index contributed by atoms with van der Waals surface area (Å²) in [5.41, 5.74) is -0.0828. The molecule has 0 amide bonds. The molecule has 24 heavy (non-hydrogen) atoms. The molecule has 0 bridgehead atoms. The fourth-order valence-corrected chi connectivity index (χ4v) is 3.57. The van der Waals surface area contributed by atoms with E-state index in [-0.39, 0.29) is 6.04 Å². The van der Waals surface area contributed by atoms with E-state index >= 15 is 0 Å². The smallest absolute Gasteiger partial charge is 0.348 e. The molecule has 0 spiro atoms. The molecule has 0 radical (unpaired) electrons. The molecule has 1 unspecified atom stereocenters. The van der Waals surface area contributed by atoms with Crippen LogP contribution in [-0.4, -0.2) is 29.1 Å². The number of rotatable bonds is 4. The molecule has 4 nitrogen and oxygen atoms in total. The number of aromatic nitrogens is 2. The molecule has 3 heterocycles. The van der Waals surface area contributed by atoms with Gasteiger partial charge in [0, 0.05) is 42.9 Å². The quantitative estimate of drug-likeness (QED) is 0.903. The third kappa shape index (κ3) is 4.05. The van der Waals surface area contributed by atoms with E-state index in [0.29, 0.717) is 11.7 Å². The molecule has 130 valence electrons. The molecule has 1 aliphatic heterocycles. The van der Waals surface area contributed by atoms with Crippen molar-refractivity contribution < 1.29 is 13.2 Å². The first-order valence-electron chi connectivity index (χ1n) is 7.87. The van der Waals surface area contributed by atoms with Crippen LogP contribution in [0.25, 0.3) is 0 Å². The van der Waals surface area contributed by atoms with E-state index in [0.717, 1.165) is 43.3 Å². The van der Waals surface area contributed by atoms with E-state index in [1.807, 2.05) is 18.5 Å². The Hall–Kier alpha value is -1.67. The van der Waals surface area contributed by atoms with Crippen molar-refractivity contribution in [3.8, 4) is 0 Å². The largest absolute Gasteiger partial charge is 0.417 e. The van der Waals surface area contributed by atoms with Crippen LogP contribution in [0, 0.1) is 0 Å². The zero-order valence-corrected chi connectivity index (χ0v) is 14.1. The second-order valence-corrected chi connectivity index (χ2v) is 6.81. The molecule has 1 N–H and O–H groups in total. The van der Waals surface area contributed by atoms with Crippen LogP contribution in [0.1, 0.15) is 37.1 Å². The Bertz CT molecular complexity index is 634. The Labute approximate surface area is 142 Å². The maximum Gasteiger partial charge on any atom is 0.417 e. The first-order chi connectivity index (χ1) is 11.4. The van der Waals surface area contributed by atoms with Gasteiger partial charge in [0.25, 0.3) is 0 Å². The van der Waals surface area contributed by atoms with Crippen molar-refractivity contribution in [1.29, 1.82) is 0 Å². The first-order valence-corrected chi connectivity index (χ1v) is 8.75. The van der Waals surface area contributed by atoms with Crippen molar-refractivity contribution in [2.24, 2.45) is 0 Å². The molecule has 1 aliphatic rings. The number of pyridine rings is 1. The Morgan fingerprint density at radius 3 is 2.54 bits per heavy atom. The number of alkyl halides is 3. The summed E-state index contributed by atoms with van der Waals surface area (Å²) < 4.78 is 37.7. The fourth-order valence-electron chi connectivity index (χ4n) is 2.88. The highest BCUT2D eigenvalue weighted by Crippen LogP contribution is 2.29. The number of nitrogens with one attached hydrogen (secondary N) is 1. The first kappa shape index (κ1) is 17.2. The number of hydrogen-bond donors (Lipinski definition) is 1. The molecule has 1 saturated heterocycles. The molecule has 0 saturated carbocycles. The maximum atomic E-state index is 12.6. The maximum absolute atomic E-state index is 12.6. The average Bonchev–Trinajstić information content (AvgIpc) is 3.09. The van der Waals surface area contributed by atoms with Gasteiger partial charge < -0.3 is 10.2 Å². The fraction of sp³-hybridized carbons (Fsp3) is 0.500. The monoisotopic (exact) mass is 356 g/mol. The van der Waals surface area contributed by atoms with Gasteiger partial charge >= 0.3 is 6.18 Å². The molecule has 2 aromatic rings. The van der Waals surface area contributed by atoms with Crippen LogP contribution in [0.5, 0.6) is 0 Å². The number of anilines is 1. The van der Waals surface area contributed by atoms with Gasteiger partial charge in [0.2, 0.25) is 0 Å². The molecule has 8 heteroatoms. The summed E-state index contributed by atoms with van der Waals surface area (Å²) in [6.45, 7) is 3.79. The highest BCUT2D eigenvalue weighted by atomic mass is 32.1. The molecule has 3 rings (SSSR count). The number of piperidine rings is 1. The van der Waals surface area contributed by atoms with Crippen LogP contribution >= 0.6 is 11.3 Å². The minimum Gasteiger partial charge on any atom is -0.348 e. The Kier molecular flexibility index (Phi) is 5.05. The molecule has 0 aromatic carbocycles. The van der Waals surface area contributed by atoms with E-state index in [1.54, 1.807) is 11.3 Å². The van der Waals surface area contributed by atoms with Crippen molar-refractivity contribution in [2.75, 3.05) is 18.0 Å². The van der Waals surface area contributed by atoms with Gasteiger partial charge in [0.15, 0.2) is 5.13 Å². The lowest BCUT2D eigenvalue weighted by molar-refractivity contribution is -0.137. The van der Waals surface area contributed by atoms with Crippen LogP contribution in [0.2, 0.25) is 0 Å².